The van der Waals surface area contributed by atoms with Gasteiger partial charge >= 0.3 is 0 Å². The van der Waals surface area contributed by atoms with Gasteiger partial charge in [0, 0.05) is 25.7 Å². The van der Waals surface area contributed by atoms with Crippen molar-refractivity contribution >= 4 is 35.6 Å². The first-order chi connectivity index (χ1) is 11.4. The second kappa shape index (κ2) is 9.26. The Kier molecular flexibility index (Phi) is 7.04. The number of pyridine rings is 1. The Morgan fingerprint density at radius 1 is 1.21 bits per heavy atom. The molecule has 128 valence electrons. The molecule has 7 nitrogen and oxygen atoms in total. The van der Waals surface area contributed by atoms with E-state index in [0.717, 1.165) is 42.7 Å². The zero-order chi connectivity index (χ0) is 15.9. The lowest BCUT2D eigenvalue weighted by Gasteiger charge is -2.10. The van der Waals surface area contributed by atoms with Crippen molar-refractivity contribution in [1.82, 2.24) is 25.2 Å². The Bertz CT molecular complexity index is 768. The van der Waals surface area contributed by atoms with E-state index in [1.807, 2.05) is 47.9 Å². The molecule has 2 N–H and O–H groups in total. The van der Waals surface area contributed by atoms with Crippen molar-refractivity contribution in [1.29, 1.82) is 0 Å². The summed E-state index contributed by atoms with van der Waals surface area (Å²) in [6, 6.07) is 9.68. The molecular formula is C16H21IN6O. The minimum absolute atomic E-state index is 0. The molecule has 0 unspecified atom stereocenters. The molecule has 0 saturated heterocycles. The minimum atomic E-state index is 0. The normalized spacial score (nSPS) is 11.3. The summed E-state index contributed by atoms with van der Waals surface area (Å²) in [4.78, 5) is 4.57. The number of fused-ring (bicyclic) bond motifs is 1. The van der Waals surface area contributed by atoms with E-state index in [1.54, 1.807) is 6.26 Å². The summed E-state index contributed by atoms with van der Waals surface area (Å²) in [7, 11) is 0. The van der Waals surface area contributed by atoms with Crippen molar-refractivity contribution < 1.29 is 4.42 Å². The summed E-state index contributed by atoms with van der Waals surface area (Å²) >= 11 is 0. The Hall–Kier alpha value is -2.10. The fraction of sp³-hybridized carbons (Fsp3) is 0.312. The quantitative estimate of drug-likeness (QED) is 0.349. The van der Waals surface area contributed by atoms with E-state index < -0.39 is 0 Å². The number of nitrogens with zero attached hydrogens (tertiary/aromatic N) is 4. The van der Waals surface area contributed by atoms with Crippen LogP contribution in [0.2, 0.25) is 0 Å². The zero-order valence-corrected chi connectivity index (χ0v) is 15.8. The number of aromatic nitrogens is 3. The number of rotatable bonds is 6. The maximum Gasteiger partial charge on any atom is 0.191 e. The van der Waals surface area contributed by atoms with Gasteiger partial charge in [0.1, 0.15) is 12.3 Å². The van der Waals surface area contributed by atoms with Crippen LogP contribution < -0.4 is 10.6 Å². The molecule has 0 saturated carbocycles. The Morgan fingerprint density at radius 2 is 2.12 bits per heavy atom. The molecule has 0 aliphatic heterocycles. The number of aliphatic imine (C=N–C) groups is 1. The van der Waals surface area contributed by atoms with Gasteiger partial charge in [0.05, 0.1) is 6.26 Å². The van der Waals surface area contributed by atoms with Crippen LogP contribution in [0.1, 0.15) is 18.5 Å². The maximum atomic E-state index is 5.32. The van der Waals surface area contributed by atoms with Crippen LogP contribution in [0.5, 0.6) is 0 Å². The molecule has 8 heteroatoms. The molecule has 3 aromatic heterocycles. The van der Waals surface area contributed by atoms with Gasteiger partial charge in [-0.25, -0.2) is 4.99 Å². The van der Waals surface area contributed by atoms with E-state index in [0.29, 0.717) is 6.54 Å². The lowest BCUT2D eigenvalue weighted by atomic mass is 10.3. The van der Waals surface area contributed by atoms with Crippen molar-refractivity contribution in [2.24, 2.45) is 4.99 Å². The van der Waals surface area contributed by atoms with E-state index in [2.05, 4.69) is 25.8 Å². The minimum Gasteiger partial charge on any atom is -0.469 e. The van der Waals surface area contributed by atoms with Crippen LogP contribution in [-0.4, -0.2) is 33.6 Å². The van der Waals surface area contributed by atoms with Crippen molar-refractivity contribution in [2.45, 2.75) is 19.9 Å². The first-order valence-corrected chi connectivity index (χ1v) is 7.70. The van der Waals surface area contributed by atoms with Gasteiger partial charge in [0.15, 0.2) is 17.4 Å². The topological polar surface area (TPSA) is 79.8 Å². The van der Waals surface area contributed by atoms with Gasteiger partial charge in [-0.05, 0) is 31.2 Å². The molecule has 0 aliphatic rings. The third-order valence-electron chi connectivity index (χ3n) is 3.35. The number of halogens is 1. The maximum absolute atomic E-state index is 5.32. The summed E-state index contributed by atoms with van der Waals surface area (Å²) in [6.07, 6.45) is 4.44. The molecule has 0 spiro atoms. The van der Waals surface area contributed by atoms with Crippen LogP contribution in [0, 0.1) is 0 Å². The Morgan fingerprint density at radius 3 is 2.92 bits per heavy atom. The summed E-state index contributed by atoms with van der Waals surface area (Å²) in [5.74, 6) is 2.52. The highest BCUT2D eigenvalue weighted by molar-refractivity contribution is 14.0. The highest BCUT2D eigenvalue weighted by Crippen LogP contribution is 2.04. The lowest BCUT2D eigenvalue weighted by molar-refractivity contribution is 0.507. The predicted molar refractivity (Wildman–Crippen MR) is 104 cm³/mol. The molecule has 0 fully saturated rings. The van der Waals surface area contributed by atoms with Crippen LogP contribution in [-0.2, 0) is 13.0 Å². The highest BCUT2D eigenvalue weighted by atomic mass is 127. The fourth-order valence-corrected chi connectivity index (χ4v) is 2.25. The number of furan rings is 1. The smallest absolute Gasteiger partial charge is 0.191 e. The number of hydrogen-bond acceptors (Lipinski definition) is 4. The van der Waals surface area contributed by atoms with Gasteiger partial charge in [0.25, 0.3) is 0 Å². The molecule has 3 heterocycles. The van der Waals surface area contributed by atoms with Crippen molar-refractivity contribution in [3.63, 3.8) is 0 Å². The average Bonchev–Trinajstić information content (AvgIpc) is 3.22. The van der Waals surface area contributed by atoms with Gasteiger partial charge in [0.2, 0.25) is 0 Å². The Balaban J connectivity index is 0.00000208. The van der Waals surface area contributed by atoms with E-state index in [1.165, 1.54) is 0 Å². The molecule has 0 bridgehead atoms. The van der Waals surface area contributed by atoms with E-state index in [4.69, 9.17) is 4.42 Å². The summed E-state index contributed by atoms with van der Waals surface area (Å²) < 4.78 is 7.26. The predicted octanol–water partition coefficient (Wildman–Crippen LogP) is 2.24. The van der Waals surface area contributed by atoms with Crippen molar-refractivity contribution in [3.05, 3.63) is 54.4 Å². The average molecular weight is 440 g/mol. The first-order valence-electron chi connectivity index (χ1n) is 7.70. The monoisotopic (exact) mass is 440 g/mol. The van der Waals surface area contributed by atoms with Gasteiger partial charge < -0.3 is 15.1 Å². The van der Waals surface area contributed by atoms with E-state index in [-0.39, 0.29) is 24.0 Å². The first kappa shape index (κ1) is 18.2. The third kappa shape index (κ3) is 4.70. The van der Waals surface area contributed by atoms with Crippen LogP contribution in [0.4, 0.5) is 0 Å². The van der Waals surface area contributed by atoms with Gasteiger partial charge in [-0.15, -0.1) is 34.2 Å². The van der Waals surface area contributed by atoms with E-state index >= 15 is 0 Å². The standard InChI is InChI=1S/C16H20N6O.HI/c1-2-17-16(18-9-8-13-6-5-11-23-13)19-12-15-21-20-14-7-3-4-10-22(14)15;/h3-7,10-11H,2,8-9,12H2,1H3,(H2,17,18,19);1H. The zero-order valence-electron chi connectivity index (χ0n) is 13.5. The van der Waals surface area contributed by atoms with Crippen LogP contribution in [0.25, 0.3) is 5.65 Å². The molecule has 24 heavy (non-hydrogen) atoms. The summed E-state index contributed by atoms with van der Waals surface area (Å²) in [6.45, 7) is 4.05. The van der Waals surface area contributed by atoms with Crippen molar-refractivity contribution in [3.8, 4) is 0 Å². The van der Waals surface area contributed by atoms with E-state index in [9.17, 15) is 0 Å². The number of hydrogen-bond donors (Lipinski definition) is 2. The molecular weight excluding hydrogens is 419 g/mol. The van der Waals surface area contributed by atoms with Crippen LogP contribution in [0.15, 0.2) is 52.2 Å². The van der Waals surface area contributed by atoms with Crippen LogP contribution in [0.3, 0.4) is 0 Å². The molecule has 3 rings (SSSR count). The molecule has 0 atom stereocenters. The molecule has 0 amide bonds. The van der Waals surface area contributed by atoms with Gasteiger partial charge in [-0.1, -0.05) is 6.07 Å². The second-order valence-corrected chi connectivity index (χ2v) is 5.00. The fourth-order valence-electron chi connectivity index (χ4n) is 2.25. The molecule has 0 aromatic carbocycles. The SMILES string of the molecule is CCNC(=NCc1nnc2ccccn12)NCCc1ccco1.I. The molecule has 0 aliphatic carbocycles. The van der Waals surface area contributed by atoms with Crippen molar-refractivity contribution in [2.75, 3.05) is 13.1 Å². The highest BCUT2D eigenvalue weighted by Gasteiger charge is 2.04. The Labute approximate surface area is 157 Å². The number of guanidine groups is 1. The third-order valence-corrected chi connectivity index (χ3v) is 3.35. The molecule has 0 radical (unpaired) electrons. The van der Waals surface area contributed by atoms with Gasteiger partial charge in [-0.2, -0.15) is 0 Å². The summed E-state index contributed by atoms with van der Waals surface area (Å²) in [5.41, 5.74) is 0.827. The van der Waals surface area contributed by atoms with Crippen LogP contribution >= 0.6 is 24.0 Å². The lowest BCUT2D eigenvalue weighted by Crippen LogP contribution is -2.38. The second-order valence-electron chi connectivity index (χ2n) is 5.00. The van der Waals surface area contributed by atoms with Gasteiger partial charge in [-0.3, -0.25) is 4.40 Å². The molecule has 3 aromatic rings. The number of nitrogens with one attached hydrogen (secondary N) is 2. The largest absolute Gasteiger partial charge is 0.469 e. The summed E-state index contributed by atoms with van der Waals surface area (Å²) in [5, 5.41) is 14.8.